The van der Waals surface area contributed by atoms with Gasteiger partial charge in [0, 0.05) is 50.0 Å². The third kappa shape index (κ3) is 5.54. The van der Waals surface area contributed by atoms with E-state index in [1.807, 2.05) is 30.1 Å². The molecule has 0 spiro atoms. The summed E-state index contributed by atoms with van der Waals surface area (Å²) in [5.74, 6) is -0.0449. The van der Waals surface area contributed by atoms with Gasteiger partial charge < -0.3 is 15.5 Å². The second-order valence-corrected chi connectivity index (χ2v) is 9.76. The minimum atomic E-state index is -0.455. The van der Waals surface area contributed by atoms with Crippen molar-refractivity contribution in [2.24, 2.45) is 0 Å². The van der Waals surface area contributed by atoms with Gasteiger partial charge in [-0.3, -0.25) is 19.5 Å². The lowest BCUT2D eigenvalue weighted by molar-refractivity contribution is -0.140. The monoisotopic (exact) mass is 401 g/mol. The van der Waals surface area contributed by atoms with Crippen molar-refractivity contribution in [3.63, 3.8) is 0 Å². The molecule has 0 unspecified atom stereocenters. The molecule has 2 saturated heterocycles. The Morgan fingerprint density at radius 2 is 1.93 bits per heavy atom. The highest BCUT2D eigenvalue weighted by Crippen LogP contribution is 2.31. The molecule has 1 aromatic rings. The number of amides is 2. The number of piperazine rings is 1. The van der Waals surface area contributed by atoms with Crippen molar-refractivity contribution in [3.8, 4) is 0 Å². The van der Waals surface area contributed by atoms with E-state index in [0.29, 0.717) is 13.1 Å². The Balaban J connectivity index is 1.68. The van der Waals surface area contributed by atoms with Crippen molar-refractivity contribution in [2.45, 2.75) is 76.7 Å². The van der Waals surface area contributed by atoms with Gasteiger partial charge in [0.1, 0.15) is 0 Å². The zero-order valence-electron chi connectivity index (χ0n) is 18.4. The Kier molecular flexibility index (Phi) is 6.29. The summed E-state index contributed by atoms with van der Waals surface area (Å²) >= 11 is 0. The average Bonchev–Trinajstić information content (AvgIpc) is 2.62. The van der Waals surface area contributed by atoms with Gasteiger partial charge in [0.05, 0.1) is 18.2 Å². The first-order chi connectivity index (χ1) is 13.6. The first-order valence-corrected chi connectivity index (χ1v) is 10.5. The van der Waals surface area contributed by atoms with Crippen molar-refractivity contribution >= 4 is 11.8 Å². The zero-order valence-corrected chi connectivity index (χ0v) is 18.4. The van der Waals surface area contributed by atoms with Gasteiger partial charge in [-0.1, -0.05) is 6.07 Å². The minimum Gasteiger partial charge on any atom is -0.353 e. The Labute approximate surface area is 174 Å². The Hall–Kier alpha value is -1.99. The van der Waals surface area contributed by atoms with Gasteiger partial charge in [-0.05, 0) is 52.7 Å². The van der Waals surface area contributed by atoms with E-state index < -0.39 is 6.04 Å². The van der Waals surface area contributed by atoms with Gasteiger partial charge in [-0.2, -0.15) is 0 Å². The van der Waals surface area contributed by atoms with E-state index in [0.717, 1.165) is 25.1 Å². The molecule has 2 N–H and O–H groups in total. The van der Waals surface area contributed by atoms with E-state index in [1.165, 1.54) is 0 Å². The summed E-state index contributed by atoms with van der Waals surface area (Å²) in [4.78, 5) is 34.1. The van der Waals surface area contributed by atoms with Crippen LogP contribution in [0.15, 0.2) is 24.4 Å². The van der Waals surface area contributed by atoms with E-state index in [1.54, 1.807) is 6.20 Å². The maximum atomic E-state index is 13.2. The van der Waals surface area contributed by atoms with Crippen molar-refractivity contribution < 1.29 is 9.59 Å². The molecular formula is C22H35N5O2. The van der Waals surface area contributed by atoms with Crippen LogP contribution in [-0.4, -0.2) is 69.9 Å². The van der Waals surface area contributed by atoms with Gasteiger partial charge in [0.25, 0.3) is 0 Å². The molecule has 0 saturated carbocycles. The predicted octanol–water partition coefficient (Wildman–Crippen LogP) is 1.54. The van der Waals surface area contributed by atoms with E-state index in [-0.39, 0.29) is 35.4 Å². The number of rotatable bonds is 5. The summed E-state index contributed by atoms with van der Waals surface area (Å²) in [5, 5.41) is 6.58. The van der Waals surface area contributed by atoms with Crippen LogP contribution in [0, 0.1) is 0 Å². The topological polar surface area (TPSA) is 77.6 Å². The first-order valence-electron chi connectivity index (χ1n) is 10.5. The second kappa shape index (κ2) is 8.40. The van der Waals surface area contributed by atoms with Gasteiger partial charge in [0.2, 0.25) is 11.8 Å². The summed E-state index contributed by atoms with van der Waals surface area (Å²) in [6, 6.07) is 5.48. The highest BCUT2D eigenvalue weighted by molar-refractivity contribution is 5.88. The van der Waals surface area contributed by atoms with E-state index >= 15 is 0 Å². The number of piperidine rings is 1. The Morgan fingerprint density at radius 1 is 1.24 bits per heavy atom. The molecule has 0 aliphatic carbocycles. The van der Waals surface area contributed by atoms with E-state index in [4.69, 9.17) is 0 Å². The molecule has 7 heteroatoms. The van der Waals surface area contributed by atoms with Crippen molar-refractivity contribution in [3.05, 3.63) is 30.1 Å². The average molecular weight is 402 g/mol. The molecule has 0 radical (unpaired) electrons. The summed E-state index contributed by atoms with van der Waals surface area (Å²) in [6.07, 6.45) is 3.74. The number of carbonyl (C=O) groups excluding carboxylic acids is 2. The van der Waals surface area contributed by atoms with Crippen LogP contribution >= 0.6 is 0 Å². The third-order valence-electron chi connectivity index (χ3n) is 6.01. The summed E-state index contributed by atoms with van der Waals surface area (Å²) < 4.78 is 0. The smallest absolute Gasteiger partial charge is 0.237 e. The molecule has 160 valence electrons. The number of hydrogen-bond acceptors (Lipinski definition) is 5. The van der Waals surface area contributed by atoms with Crippen LogP contribution in [0.4, 0.5) is 0 Å². The highest BCUT2D eigenvalue weighted by Gasteiger charge is 2.41. The summed E-state index contributed by atoms with van der Waals surface area (Å²) in [7, 11) is 1.88. The van der Waals surface area contributed by atoms with Crippen LogP contribution in [0.1, 0.15) is 52.7 Å². The Morgan fingerprint density at radius 3 is 2.55 bits per heavy atom. The third-order valence-corrected chi connectivity index (χ3v) is 6.01. The number of carbonyl (C=O) groups is 2. The molecule has 2 aliphatic rings. The van der Waals surface area contributed by atoms with Crippen molar-refractivity contribution in [1.82, 2.24) is 25.4 Å². The predicted molar refractivity (Wildman–Crippen MR) is 113 cm³/mol. The van der Waals surface area contributed by atoms with Gasteiger partial charge in [0.15, 0.2) is 0 Å². The molecule has 0 bridgehead atoms. The fourth-order valence-electron chi connectivity index (χ4n) is 4.93. The number of pyridine rings is 1. The van der Waals surface area contributed by atoms with E-state index in [2.05, 4.69) is 48.2 Å². The molecule has 2 amide bonds. The zero-order chi connectivity index (χ0) is 21.2. The molecule has 2 aliphatic heterocycles. The number of aromatic nitrogens is 1. The number of nitrogens with zero attached hydrogens (tertiary/aromatic N) is 3. The van der Waals surface area contributed by atoms with Gasteiger partial charge >= 0.3 is 0 Å². The lowest BCUT2D eigenvalue weighted by Crippen LogP contribution is -2.63. The number of nitrogens with one attached hydrogen (secondary N) is 2. The van der Waals surface area contributed by atoms with Crippen molar-refractivity contribution in [1.29, 1.82) is 0 Å². The summed E-state index contributed by atoms with van der Waals surface area (Å²) in [6.45, 7) is 10.6. The first kappa shape index (κ1) is 21.7. The van der Waals surface area contributed by atoms with Gasteiger partial charge in [-0.25, -0.2) is 0 Å². The molecule has 3 rings (SSSR count). The fourth-order valence-corrected chi connectivity index (χ4v) is 4.93. The largest absolute Gasteiger partial charge is 0.353 e. The van der Waals surface area contributed by atoms with E-state index in [9.17, 15) is 9.59 Å². The normalized spacial score (nSPS) is 24.7. The molecule has 7 nitrogen and oxygen atoms in total. The molecular weight excluding hydrogens is 366 g/mol. The number of hydrogen-bond donors (Lipinski definition) is 2. The molecule has 29 heavy (non-hydrogen) atoms. The van der Waals surface area contributed by atoms with Crippen LogP contribution in [-0.2, 0) is 16.1 Å². The molecule has 3 heterocycles. The lowest BCUT2D eigenvalue weighted by atomic mass is 9.79. The molecule has 0 aromatic carbocycles. The summed E-state index contributed by atoms with van der Waals surface area (Å²) in [5.41, 5.74) is 0.845. The molecule has 2 fully saturated rings. The van der Waals surface area contributed by atoms with Gasteiger partial charge in [-0.15, -0.1) is 0 Å². The SMILES string of the molecule is CN(C(=O)C[C@H]1C(=O)NCCN1Cc1ccccn1)C1CC(C)(C)NC(C)(C)C1. The fraction of sp³-hybridized carbons (Fsp3) is 0.682. The quantitative estimate of drug-likeness (QED) is 0.783. The Bertz CT molecular complexity index is 718. The highest BCUT2D eigenvalue weighted by atomic mass is 16.2. The molecule has 1 aromatic heterocycles. The van der Waals surface area contributed by atoms with Crippen molar-refractivity contribution in [2.75, 3.05) is 20.1 Å². The minimum absolute atomic E-state index is 0.0246. The standard InChI is InChI=1S/C22H35N5O2/c1-21(2)13-17(14-22(3,4)25-21)26(5)19(28)12-18-20(29)24-10-11-27(18)15-16-8-6-7-9-23-16/h6-9,17-18,25H,10-15H2,1-5H3,(H,24,29)/t18-/m0/s1. The van der Waals surface area contributed by atoms with Crippen LogP contribution in [0.3, 0.4) is 0 Å². The van der Waals surface area contributed by atoms with Crippen LogP contribution in [0.25, 0.3) is 0 Å². The molecule has 1 atom stereocenters. The van der Waals surface area contributed by atoms with Crippen LogP contribution < -0.4 is 10.6 Å². The maximum Gasteiger partial charge on any atom is 0.237 e. The van der Waals surface area contributed by atoms with Crippen LogP contribution in [0.2, 0.25) is 0 Å². The maximum absolute atomic E-state index is 13.2. The van der Waals surface area contributed by atoms with Crippen LogP contribution in [0.5, 0.6) is 0 Å². The second-order valence-electron chi connectivity index (χ2n) is 9.76. The lowest BCUT2D eigenvalue weighted by Gasteiger charge is -2.49.